The number of likely N-dealkylation sites (N-methyl/N-ethyl adjacent to an activating group) is 1. The molecule has 3 aromatic rings. The molecule has 270 valence electrons. The van der Waals surface area contributed by atoms with Crippen molar-refractivity contribution in [3.63, 3.8) is 0 Å². The van der Waals surface area contributed by atoms with Crippen LogP contribution in [0.1, 0.15) is 75.0 Å². The third kappa shape index (κ3) is 7.46. The Labute approximate surface area is 307 Å². The highest BCUT2D eigenvalue weighted by Gasteiger charge is 2.46. The maximum atomic E-state index is 14.4. The van der Waals surface area contributed by atoms with Gasteiger partial charge in [0.25, 0.3) is 0 Å². The zero-order valence-corrected chi connectivity index (χ0v) is 30.9. The number of likely N-dealkylation sites (tertiary alicyclic amines) is 2. The van der Waals surface area contributed by atoms with Crippen LogP contribution in [0, 0.1) is 5.92 Å². The van der Waals surface area contributed by atoms with Gasteiger partial charge in [0, 0.05) is 48.6 Å². The molecule has 0 radical (unpaired) electrons. The first-order valence-corrected chi connectivity index (χ1v) is 19.2. The number of benzene rings is 3. The summed E-state index contributed by atoms with van der Waals surface area (Å²) < 4.78 is 6.09. The van der Waals surface area contributed by atoms with Gasteiger partial charge in [0.05, 0.1) is 12.1 Å². The average molecular weight is 711 g/mol. The lowest BCUT2D eigenvalue weighted by atomic mass is 9.92. The topological polar surface area (TPSA) is 82.2 Å². The highest BCUT2D eigenvalue weighted by molar-refractivity contribution is 6.30. The fourth-order valence-electron chi connectivity index (χ4n) is 8.91. The average Bonchev–Trinajstić information content (AvgIpc) is 3.74. The van der Waals surface area contributed by atoms with Gasteiger partial charge in [-0.15, -0.1) is 0 Å². The molecule has 4 atom stereocenters. The van der Waals surface area contributed by atoms with Crippen LogP contribution in [0.4, 0.5) is 0 Å². The lowest BCUT2D eigenvalue weighted by Gasteiger charge is -2.46. The van der Waals surface area contributed by atoms with E-state index in [2.05, 4.69) is 34.5 Å². The van der Waals surface area contributed by atoms with E-state index >= 15 is 0 Å². The molecule has 0 aromatic heterocycles. The summed E-state index contributed by atoms with van der Waals surface area (Å²) in [6.07, 6.45) is 6.84. The number of rotatable bonds is 11. The summed E-state index contributed by atoms with van der Waals surface area (Å²) in [6.45, 7) is 5.98. The highest BCUT2D eigenvalue weighted by Crippen LogP contribution is 2.44. The fourth-order valence-corrected chi connectivity index (χ4v) is 9.03. The second kappa shape index (κ2) is 15.5. The van der Waals surface area contributed by atoms with Crippen molar-refractivity contribution in [3.05, 3.63) is 94.5 Å². The van der Waals surface area contributed by atoms with Crippen LogP contribution in [-0.4, -0.2) is 96.0 Å². The van der Waals surface area contributed by atoms with Crippen molar-refractivity contribution in [2.24, 2.45) is 5.92 Å². The summed E-state index contributed by atoms with van der Waals surface area (Å²) in [7, 11) is 1.93. The molecule has 2 unspecified atom stereocenters. The molecule has 51 heavy (non-hydrogen) atoms. The van der Waals surface area contributed by atoms with Crippen molar-refractivity contribution < 1.29 is 19.1 Å². The molecule has 3 fully saturated rings. The number of carbonyl (C=O) groups is 3. The molecule has 8 nitrogen and oxygen atoms in total. The standard InChI is InChI=1S/C42H51ClN4O4/c1-27(2)40(48)47(30-11-5-4-6-12-30)31-21-22-46(24-31)41(49)37(23-28-17-19-29(43)20-18-28)44-38-25-45(3)39(38)42(50)51-26-36-34-15-9-7-13-32(34)33-14-8-10-16-35(33)36/h7-10,13-20,27,30-31,36-39,44H,4-6,11-12,21-26H2,1-3H3/t31-,37+,38?,39?/m0/s1. The predicted octanol–water partition coefficient (Wildman–Crippen LogP) is 6.30. The predicted molar refractivity (Wildman–Crippen MR) is 201 cm³/mol. The van der Waals surface area contributed by atoms with E-state index in [9.17, 15) is 14.4 Å². The maximum absolute atomic E-state index is 14.4. The summed E-state index contributed by atoms with van der Waals surface area (Å²) in [6, 6.07) is 23.3. The van der Waals surface area contributed by atoms with Crippen LogP contribution in [0.5, 0.6) is 0 Å². The monoisotopic (exact) mass is 710 g/mol. The zero-order chi connectivity index (χ0) is 35.6. The number of halogens is 1. The number of fused-ring (bicyclic) bond motifs is 3. The molecule has 2 saturated heterocycles. The van der Waals surface area contributed by atoms with Gasteiger partial charge in [0.15, 0.2) is 0 Å². The zero-order valence-electron chi connectivity index (χ0n) is 30.1. The molecule has 2 aliphatic heterocycles. The molecular weight excluding hydrogens is 660 g/mol. The van der Waals surface area contributed by atoms with Gasteiger partial charge in [-0.25, -0.2) is 0 Å². The third-order valence-electron chi connectivity index (χ3n) is 11.6. The summed E-state index contributed by atoms with van der Waals surface area (Å²) in [5, 5.41) is 4.26. The molecular formula is C42H51ClN4O4. The van der Waals surface area contributed by atoms with Gasteiger partial charge in [-0.1, -0.05) is 105 Å². The fraction of sp³-hybridized carbons (Fsp3) is 0.500. The van der Waals surface area contributed by atoms with Crippen molar-refractivity contribution in [3.8, 4) is 11.1 Å². The second-order valence-electron chi connectivity index (χ2n) is 15.3. The van der Waals surface area contributed by atoms with Crippen LogP contribution in [0.15, 0.2) is 72.8 Å². The number of hydrogen-bond donors (Lipinski definition) is 1. The van der Waals surface area contributed by atoms with Crippen LogP contribution < -0.4 is 5.32 Å². The largest absolute Gasteiger partial charge is 0.463 e. The van der Waals surface area contributed by atoms with Gasteiger partial charge in [-0.3, -0.25) is 24.6 Å². The van der Waals surface area contributed by atoms with Gasteiger partial charge in [-0.2, -0.15) is 0 Å². The van der Waals surface area contributed by atoms with Crippen LogP contribution in [-0.2, 0) is 25.5 Å². The minimum atomic E-state index is -0.545. The van der Waals surface area contributed by atoms with E-state index in [-0.39, 0.29) is 54.4 Å². The van der Waals surface area contributed by atoms with Gasteiger partial charge >= 0.3 is 5.97 Å². The molecule has 0 bridgehead atoms. The molecule has 0 spiro atoms. The second-order valence-corrected chi connectivity index (χ2v) is 15.8. The Bertz CT molecular complexity index is 1680. The molecule has 7 rings (SSSR count). The van der Waals surface area contributed by atoms with Crippen molar-refractivity contribution >= 4 is 29.4 Å². The molecule has 4 aliphatic rings. The van der Waals surface area contributed by atoms with E-state index in [4.69, 9.17) is 16.3 Å². The summed E-state index contributed by atoms with van der Waals surface area (Å²) >= 11 is 6.21. The molecule has 3 aromatic carbocycles. The Kier molecular flexibility index (Phi) is 10.8. The number of ether oxygens (including phenoxy) is 1. The molecule has 2 aliphatic carbocycles. The quantitative estimate of drug-likeness (QED) is 0.236. The summed E-state index contributed by atoms with van der Waals surface area (Å²) in [5.41, 5.74) is 5.73. The highest BCUT2D eigenvalue weighted by atomic mass is 35.5. The van der Waals surface area contributed by atoms with E-state index in [1.54, 1.807) is 0 Å². The van der Waals surface area contributed by atoms with E-state index in [0.29, 0.717) is 31.1 Å². The van der Waals surface area contributed by atoms with Crippen LogP contribution in [0.2, 0.25) is 5.02 Å². The van der Waals surface area contributed by atoms with E-state index in [0.717, 1.165) is 37.7 Å². The lowest BCUT2D eigenvalue weighted by molar-refractivity contribution is -0.157. The van der Waals surface area contributed by atoms with Gasteiger partial charge in [0.1, 0.15) is 12.6 Å². The molecule has 9 heteroatoms. The molecule has 1 saturated carbocycles. The summed E-state index contributed by atoms with van der Waals surface area (Å²) in [5.74, 6) is -0.176. The van der Waals surface area contributed by atoms with Gasteiger partial charge in [0.2, 0.25) is 11.8 Å². The minimum absolute atomic E-state index is 0.00822. The number of nitrogens with one attached hydrogen (secondary N) is 1. The molecule has 2 amide bonds. The van der Waals surface area contributed by atoms with Gasteiger partial charge < -0.3 is 14.5 Å². The van der Waals surface area contributed by atoms with Crippen LogP contribution in [0.25, 0.3) is 11.1 Å². The Morgan fingerprint density at radius 2 is 1.51 bits per heavy atom. The number of carbonyl (C=O) groups excluding carboxylic acids is 3. The van der Waals surface area contributed by atoms with Crippen molar-refractivity contribution in [2.45, 2.75) is 94.9 Å². The first kappa shape index (κ1) is 35.7. The SMILES string of the molecule is CC(C)C(=O)N(C1CCCCC1)[C@H]1CCN(C(=O)[C@@H](Cc2ccc(Cl)cc2)NC2CN(C)C2C(=O)OCC2c3ccccc3-c3ccccc32)C1. The van der Waals surface area contributed by atoms with Crippen molar-refractivity contribution in [1.29, 1.82) is 0 Å². The van der Waals surface area contributed by atoms with Gasteiger partial charge in [-0.05, 0) is 72.7 Å². The first-order chi connectivity index (χ1) is 24.7. The van der Waals surface area contributed by atoms with Crippen molar-refractivity contribution in [2.75, 3.05) is 33.3 Å². The van der Waals surface area contributed by atoms with E-state index in [1.165, 1.54) is 28.7 Å². The van der Waals surface area contributed by atoms with Crippen molar-refractivity contribution in [1.82, 2.24) is 20.0 Å². The van der Waals surface area contributed by atoms with Crippen LogP contribution >= 0.6 is 11.6 Å². The molecule has 2 heterocycles. The van der Waals surface area contributed by atoms with E-state index in [1.807, 2.05) is 79.2 Å². The Morgan fingerprint density at radius 1 is 0.863 bits per heavy atom. The number of amides is 2. The Hall–Kier alpha value is -3.72. The smallest absolute Gasteiger partial charge is 0.325 e. The number of nitrogens with zero attached hydrogens (tertiary/aromatic N) is 3. The normalized spacial score (nSPS) is 22.7. The Balaban J connectivity index is 1.05. The minimum Gasteiger partial charge on any atom is -0.463 e. The van der Waals surface area contributed by atoms with Crippen LogP contribution in [0.3, 0.4) is 0 Å². The molecule has 1 N–H and O–H groups in total. The third-order valence-corrected chi connectivity index (χ3v) is 11.8. The first-order valence-electron chi connectivity index (χ1n) is 18.9. The summed E-state index contributed by atoms with van der Waals surface area (Å²) in [4.78, 5) is 47.8. The Morgan fingerprint density at radius 3 is 2.14 bits per heavy atom. The van der Waals surface area contributed by atoms with E-state index < -0.39 is 12.1 Å². The number of esters is 1. The lowest BCUT2D eigenvalue weighted by Crippen LogP contribution is -2.70. The maximum Gasteiger partial charge on any atom is 0.325 e. The number of hydrogen-bond acceptors (Lipinski definition) is 6.